The summed E-state index contributed by atoms with van der Waals surface area (Å²) >= 11 is 0. The summed E-state index contributed by atoms with van der Waals surface area (Å²) in [6.45, 7) is 8.97. The Morgan fingerprint density at radius 2 is 2.05 bits per heavy atom. The van der Waals surface area contributed by atoms with Crippen LogP contribution in [0.2, 0.25) is 0 Å². The molecule has 0 aromatic carbocycles. The first-order chi connectivity index (χ1) is 8.91. The van der Waals surface area contributed by atoms with Crippen LogP contribution in [0.1, 0.15) is 62.6 Å². The van der Waals surface area contributed by atoms with E-state index in [1.54, 1.807) is 0 Å². The van der Waals surface area contributed by atoms with Crippen LogP contribution in [0.5, 0.6) is 0 Å². The van der Waals surface area contributed by atoms with E-state index in [0.717, 1.165) is 25.1 Å². The number of nitrogens with one attached hydrogen (secondary N) is 1. The zero-order valence-electron chi connectivity index (χ0n) is 12.2. The van der Waals surface area contributed by atoms with E-state index >= 15 is 0 Å². The molecule has 0 aliphatic heterocycles. The minimum absolute atomic E-state index is 0.0654. The molecule has 0 saturated heterocycles. The van der Waals surface area contributed by atoms with Gasteiger partial charge in [-0.1, -0.05) is 13.8 Å². The van der Waals surface area contributed by atoms with Gasteiger partial charge < -0.3 is 10.6 Å². The number of nitrogen functional groups attached to an aromatic ring is 1. The summed E-state index contributed by atoms with van der Waals surface area (Å²) in [5.41, 5.74) is 7.94. The van der Waals surface area contributed by atoms with Gasteiger partial charge in [0, 0.05) is 18.5 Å². The number of amides is 1. The van der Waals surface area contributed by atoms with Gasteiger partial charge in [0.25, 0.3) is 5.91 Å². The second-order valence-corrected chi connectivity index (χ2v) is 6.12. The predicted molar refractivity (Wildman–Crippen MR) is 76.0 cm³/mol. The summed E-state index contributed by atoms with van der Waals surface area (Å²) in [4.78, 5) is 14.4. The summed E-state index contributed by atoms with van der Waals surface area (Å²) in [5.74, 6) is 0.838. The standard InChI is InChI=1S/C14H24N4O/c1-8(2)7-18(9(3)4)14(19)13-11(15)12(16-17-13)10-5-6-10/h8-10H,5-7,15H2,1-4H3,(H,16,17). The molecule has 3 N–H and O–H groups in total. The molecule has 0 radical (unpaired) electrons. The average Bonchev–Trinajstić information content (AvgIpc) is 3.09. The topological polar surface area (TPSA) is 75.0 Å². The highest BCUT2D eigenvalue weighted by atomic mass is 16.2. The molecule has 19 heavy (non-hydrogen) atoms. The molecule has 1 amide bonds. The van der Waals surface area contributed by atoms with Crippen molar-refractivity contribution >= 4 is 11.6 Å². The second-order valence-electron chi connectivity index (χ2n) is 6.12. The number of carbonyl (C=O) groups is 1. The van der Waals surface area contributed by atoms with Crippen LogP contribution in [0.3, 0.4) is 0 Å². The van der Waals surface area contributed by atoms with E-state index in [2.05, 4.69) is 24.0 Å². The van der Waals surface area contributed by atoms with Crippen LogP contribution in [0, 0.1) is 5.92 Å². The van der Waals surface area contributed by atoms with Crippen molar-refractivity contribution in [2.75, 3.05) is 12.3 Å². The van der Waals surface area contributed by atoms with Crippen molar-refractivity contribution < 1.29 is 4.79 Å². The van der Waals surface area contributed by atoms with Crippen LogP contribution >= 0.6 is 0 Å². The van der Waals surface area contributed by atoms with Crippen LogP contribution in [-0.4, -0.2) is 33.6 Å². The number of carbonyl (C=O) groups excluding carboxylic acids is 1. The van der Waals surface area contributed by atoms with E-state index in [1.165, 1.54) is 0 Å². The van der Waals surface area contributed by atoms with E-state index in [0.29, 0.717) is 23.2 Å². The van der Waals surface area contributed by atoms with Crippen LogP contribution in [0.15, 0.2) is 0 Å². The Balaban J connectivity index is 2.21. The van der Waals surface area contributed by atoms with Crippen LogP contribution in [0.4, 0.5) is 5.69 Å². The summed E-state index contributed by atoms with van der Waals surface area (Å²) < 4.78 is 0. The molecule has 2 rings (SSSR count). The first-order valence-corrected chi connectivity index (χ1v) is 7.06. The Kier molecular flexibility index (Phi) is 3.83. The normalized spacial score (nSPS) is 15.3. The maximum atomic E-state index is 12.6. The number of anilines is 1. The van der Waals surface area contributed by atoms with E-state index in [9.17, 15) is 4.79 Å². The minimum atomic E-state index is -0.0654. The number of hydrogen-bond donors (Lipinski definition) is 2. The molecule has 1 heterocycles. The average molecular weight is 264 g/mol. The maximum absolute atomic E-state index is 12.6. The number of hydrogen-bond acceptors (Lipinski definition) is 3. The Hall–Kier alpha value is -1.52. The third-order valence-corrected chi connectivity index (χ3v) is 3.47. The fourth-order valence-corrected chi connectivity index (χ4v) is 2.27. The van der Waals surface area contributed by atoms with Gasteiger partial charge in [-0.15, -0.1) is 0 Å². The van der Waals surface area contributed by atoms with Crippen molar-refractivity contribution in [2.24, 2.45) is 5.92 Å². The predicted octanol–water partition coefficient (Wildman–Crippen LogP) is 2.38. The van der Waals surface area contributed by atoms with Gasteiger partial charge in [-0.3, -0.25) is 9.89 Å². The summed E-state index contributed by atoms with van der Waals surface area (Å²) in [6, 6.07) is 0.148. The smallest absolute Gasteiger partial charge is 0.276 e. The van der Waals surface area contributed by atoms with Crippen molar-refractivity contribution in [1.29, 1.82) is 0 Å². The van der Waals surface area contributed by atoms with Crippen LogP contribution in [0.25, 0.3) is 0 Å². The molecule has 106 valence electrons. The Morgan fingerprint density at radius 1 is 1.42 bits per heavy atom. The Morgan fingerprint density at radius 3 is 2.53 bits per heavy atom. The first-order valence-electron chi connectivity index (χ1n) is 7.06. The van der Waals surface area contributed by atoms with Gasteiger partial charge in [0.15, 0.2) is 5.69 Å². The lowest BCUT2D eigenvalue weighted by molar-refractivity contribution is 0.0677. The summed E-state index contributed by atoms with van der Waals surface area (Å²) in [5, 5.41) is 7.09. The second kappa shape index (κ2) is 5.23. The van der Waals surface area contributed by atoms with E-state index in [4.69, 9.17) is 5.73 Å². The molecule has 1 aromatic heterocycles. The fraction of sp³-hybridized carbons (Fsp3) is 0.714. The largest absolute Gasteiger partial charge is 0.395 e. The van der Waals surface area contributed by atoms with Crippen LogP contribution in [-0.2, 0) is 0 Å². The molecule has 0 spiro atoms. The summed E-state index contributed by atoms with van der Waals surface area (Å²) in [7, 11) is 0. The van der Waals surface area contributed by atoms with Gasteiger partial charge in [0.2, 0.25) is 0 Å². The van der Waals surface area contributed by atoms with Crippen molar-refractivity contribution in [3.63, 3.8) is 0 Å². The molecule has 1 aromatic rings. The van der Waals surface area contributed by atoms with Gasteiger partial charge in [0.05, 0.1) is 11.4 Å². The monoisotopic (exact) mass is 264 g/mol. The molecule has 5 heteroatoms. The van der Waals surface area contributed by atoms with E-state index < -0.39 is 0 Å². The third-order valence-electron chi connectivity index (χ3n) is 3.47. The molecular formula is C14H24N4O. The van der Waals surface area contributed by atoms with E-state index in [-0.39, 0.29) is 11.9 Å². The molecule has 0 atom stereocenters. The van der Waals surface area contributed by atoms with Crippen molar-refractivity contribution in [1.82, 2.24) is 15.1 Å². The molecule has 1 aliphatic rings. The first kappa shape index (κ1) is 13.9. The molecule has 0 unspecified atom stereocenters. The number of aromatic nitrogens is 2. The van der Waals surface area contributed by atoms with Gasteiger partial charge in [-0.25, -0.2) is 0 Å². The zero-order chi connectivity index (χ0) is 14.2. The number of rotatable bonds is 5. The fourth-order valence-electron chi connectivity index (χ4n) is 2.27. The maximum Gasteiger partial charge on any atom is 0.276 e. The van der Waals surface area contributed by atoms with Gasteiger partial charge in [-0.05, 0) is 32.6 Å². The number of H-pyrrole nitrogens is 1. The van der Waals surface area contributed by atoms with Gasteiger partial charge >= 0.3 is 0 Å². The highest BCUT2D eigenvalue weighted by Gasteiger charge is 2.32. The molecule has 1 fully saturated rings. The molecule has 0 bridgehead atoms. The van der Waals surface area contributed by atoms with Gasteiger partial charge in [0.1, 0.15) is 0 Å². The van der Waals surface area contributed by atoms with Crippen LogP contribution < -0.4 is 5.73 Å². The summed E-state index contributed by atoms with van der Waals surface area (Å²) in [6.07, 6.45) is 2.28. The number of nitrogens with zero attached hydrogens (tertiary/aromatic N) is 2. The number of nitrogens with two attached hydrogens (primary N) is 1. The van der Waals surface area contributed by atoms with Crippen molar-refractivity contribution in [2.45, 2.75) is 52.5 Å². The Bertz CT molecular complexity index is 460. The lowest BCUT2D eigenvalue weighted by atomic mass is 10.1. The zero-order valence-corrected chi connectivity index (χ0v) is 12.2. The van der Waals surface area contributed by atoms with Crippen molar-refractivity contribution in [3.05, 3.63) is 11.4 Å². The highest BCUT2D eigenvalue weighted by molar-refractivity contribution is 5.98. The van der Waals surface area contributed by atoms with Gasteiger partial charge in [-0.2, -0.15) is 5.10 Å². The molecule has 5 nitrogen and oxygen atoms in total. The quantitative estimate of drug-likeness (QED) is 0.857. The lowest BCUT2D eigenvalue weighted by Crippen LogP contribution is -2.40. The van der Waals surface area contributed by atoms with E-state index in [1.807, 2.05) is 18.7 Å². The third kappa shape index (κ3) is 2.91. The molecule has 1 saturated carbocycles. The van der Waals surface area contributed by atoms with Crippen molar-refractivity contribution in [3.8, 4) is 0 Å². The molecular weight excluding hydrogens is 240 g/mol. The molecule has 1 aliphatic carbocycles. The SMILES string of the molecule is CC(C)CN(C(=O)c1n[nH]c(C2CC2)c1N)C(C)C. The lowest BCUT2D eigenvalue weighted by Gasteiger charge is -2.27. The number of aromatic amines is 1. The minimum Gasteiger partial charge on any atom is -0.395 e. The highest BCUT2D eigenvalue weighted by Crippen LogP contribution is 2.42. The Labute approximate surface area is 114 Å².